The molecule has 2 unspecified atom stereocenters. The Kier molecular flexibility index (Phi) is 6.26. The van der Waals surface area contributed by atoms with Crippen LogP contribution in [-0.4, -0.2) is 39.5 Å². The molecular weight excluding hydrogens is 254 g/mol. The summed E-state index contributed by atoms with van der Waals surface area (Å²) >= 11 is 0. The van der Waals surface area contributed by atoms with Crippen LogP contribution in [0, 0.1) is 0 Å². The summed E-state index contributed by atoms with van der Waals surface area (Å²) in [6, 6.07) is 9.13. The zero-order valence-electron chi connectivity index (χ0n) is 12.3. The monoisotopic (exact) mass is 279 g/mol. The van der Waals surface area contributed by atoms with Gasteiger partial charge in [-0.2, -0.15) is 0 Å². The highest BCUT2D eigenvalue weighted by Crippen LogP contribution is 2.24. The second kappa shape index (κ2) is 8.21. The summed E-state index contributed by atoms with van der Waals surface area (Å²) in [5.41, 5.74) is 7.93. The minimum Gasteiger partial charge on any atom is -0.491 e. The molecule has 2 rings (SSSR count). The first-order valence-electron chi connectivity index (χ1n) is 7.29. The minimum atomic E-state index is 0.367. The van der Waals surface area contributed by atoms with Gasteiger partial charge < -0.3 is 14.8 Å². The van der Waals surface area contributed by atoms with Gasteiger partial charge in [-0.3, -0.25) is 5.43 Å². The molecule has 5 nitrogen and oxygen atoms in total. The molecule has 0 spiro atoms. The van der Waals surface area contributed by atoms with Crippen LogP contribution in [0.25, 0.3) is 0 Å². The Morgan fingerprint density at radius 1 is 1.20 bits per heavy atom. The van der Waals surface area contributed by atoms with Crippen molar-refractivity contribution in [3.8, 4) is 5.75 Å². The molecule has 1 aliphatic rings. The van der Waals surface area contributed by atoms with E-state index in [0.717, 1.165) is 25.3 Å². The molecule has 3 N–H and O–H groups in total. The van der Waals surface area contributed by atoms with Crippen molar-refractivity contribution < 1.29 is 9.47 Å². The largest absolute Gasteiger partial charge is 0.491 e. The fourth-order valence-electron chi connectivity index (χ4n) is 2.38. The topological polar surface area (TPSA) is 54.6 Å². The first-order chi connectivity index (χ1) is 9.83. The second-order valence-electron chi connectivity index (χ2n) is 4.95. The molecule has 20 heavy (non-hydrogen) atoms. The van der Waals surface area contributed by atoms with Gasteiger partial charge in [0.15, 0.2) is 0 Å². The maximum atomic E-state index is 5.61. The van der Waals surface area contributed by atoms with Crippen molar-refractivity contribution in [2.75, 3.05) is 33.4 Å². The summed E-state index contributed by atoms with van der Waals surface area (Å²) in [6.07, 6.45) is 1.09. The lowest BCUT2D eigenvalue weighted by molar-refractivity contribution is 0.110. The lowest BCUT2D eigenvalue weighted by atomic mass is 10.0. The highest BCUT2D eigenvalue weighted by atomic mass is 16.5. The summed E-state index contributed by atoms with van der Waals surface area (Å²) in [7, 11) is 1.98. The molecule has 1 aromatic rings. The van der Waals surface area contributed by atoms with Crippen LogP contribution in [0.4, 0.5) is 0 Å². The van der Waals surface area contributed by atoms with E-state index in [1.54, 1.807) is 0 Å². The molecule has 0 saturated carbocycles. The van der Waals surface area contributed by atoms with E-state index in [-0.39, 0.29) is 0 Å². The average molecular weight is 279 g/mol. The van der Waals surface area contributed by atoms with Gasteiger partial charge >= 0.3 is 0 Å². The zero-order chi connectivity index (χ0) is 14.2. The van der Waals surface area contributed by atoms with Crippen molar-refractivity contribution in [3.63, 3.8) is 0 Å². The lowest BCUT2D eigenvalue weighted by Gasteiger charge is -2.11. The van der Waals surface area contributed by atoms with Crippen molar-refractivity contribution >= 4 is 0 Å². The van der Waals surface area contributed by atoms with Crippen LogP contribution in [0.5, 0.6) is 5.75 Å². The van der Waals surface area contributed by atoms with E-state index >= 15 is 0 Å². The first kappa shape index (κ1) is 15.3. The number of ether oxygens (including phenoxy) is 2. The van der Waals surface area contributed by atoms with Gasteiger partial charge in [0, 0.05) is 25.2 Å². The molecule has 112 valence electrons. The molecule has 1 saturated heterocycles. The zero-order valence-corrected chi connectivity index (χ0v) is 12.3. The fourth-order valence-corrected chi connectivity index (χ4v) is 2.38. The molecular formula is C15H25N3O2. The third kappa shape index (κ3) is 4.45. The van der Waals surface area contributed by atoms with Crippen molar-refractivity contribution in [1.29, 1.82) is 0 Å². The number of likely N-dealkylation sites (N-methyl/N-ethyl adjacent to an activating group) is 1. The molecule has 0 aliphatic carbocycles. The summed E-state index contributed by atoms with van der Waals surface area (Å²) < 4.78 is 10.9. The number of rotatable bonds is 8. The third-order valence-corrected chi connectivity index (χ3v) is 3.42. The lowest BCUT2D eigenvalue weighted by Crippen LogP contribution is -2.36. The number of hydrogen-bond acceptors (Lipinski definition) is 5. The van der Waals surface area contributed by atoms with E-state index in [9.17, 15) is 0 Å². The van der Waals surface area contributed by atoms with Crippen LogP contribution >= 0.6 is 0 Å². The van der Waals surface area contributed by atoms with Crippen molar-refractivity contribution in [2.24, 2.45) is 0 Å². The van der Waals surface area contributed by atoms with E-state index in [1.165, 1.54) is 5.56 Å². The molecule has 2 atom stereocenters. The predicted molar refractivity (Wildman–Crippen MR) is 79.8 cm³/mol. The van der Waals surface area contributed by atoms with Gasteiger partial charge in [-0.05, 0) is 38.1 Å². The van der Waals surface area contributed by atoms with Gasteiger partial charge in [0.1, 0.15) is 12.4 Å². The second-order valence-corrected chi connectivity index (χ2v) is 4.95. The van der Waals surface area contributed by atoms with Crippen molar-refractivity contribution in [1.82, 2.24) is 16.2 Å². The van der Waals surface area contributed by atoms with Gasteiger partial charge in [0.05, 0.1) is 6.61 Å². The Hall–Kier alpha value is -1.14. The molecule has 0 bridgehead atoms. The Balaban J connectivity index is 1.79. The van der Waals surface area contributed by atoms with Gasteiger partial charge in [0.25, 0.3) is 0 Å². The molecule has 0 radical (unpaired) electrons. The fraction of sp³-hybridized carbons (Fsp3) is 0.600. The van der Waals surface area contributed by atoms with Crippen LogP contribution in [0.15, 0.2) is 24.3 Å². The van der Waals surface area contributed by atoms with Gasteiger partial charge in [-0.15, -0.1) is 0 Å². The van der Waals surface area contributed by atoms with E-state index in [2.05, 4.69) is 28.3 Å². The van der Waals surface area contributed by atoms with Gasteiger partial charge in [-0.1, -0.05) is 12.1 Å². The SMILES string of the molecule is CCOCCOc1ccc(C2CC(CNC)NN2)cc1. The van der Waals surface area contributed by atoms with Crippen LogP contribution in [0.2, 0.25) is 0 Å². The number of hydrazine groups is 1. The highest BCUT2D eigenvalue weighted by molar-refractivity contribution is 5.29. The van der Waals surface area contributed by atoms with Crippen LogP contribution in [0.3, 0.4) is 0 Å². The predicted octanol–water partition coefficient (Wildman–Crippen LogP) is 1.23. The highest BCUT2D eigenvalue weighted by Gasteiger charge is 2.24. The number of benzene rings is 1. The quantitative estimate of drug-likeness (QED) is 0.625. The van der Waals surface area contributed by atoms with Crippen LogP contribution in [0.1, 0.15) is 24.9 Å². The maximum Gasteiger partial charge on any atom is 0.119 e. The minimum absolute atomic E-state index is 0.367. The van der Waals surface area contributed by atoms with E-state index in [1.807, 2.05) is 26.1 Å². The Morgan fingerprint density at radius 3 is 2.70 bits per heavy atom. The van der Waals surface area contributed by atoms with E-state index < -0.39 is 0 Å². The molecule has 1 fully saturated rings. The molecule has 1 aromatic carbocycles. The maximum absolute atomic E-state index is 5.61. The normalized spacial score (nSPS) is 22.1. The summed E-state index contributed by atoms with van der Waals surface area (Å²) in [5.74, 6) is 0.895. The first-order valence-corrected chi connectivity index (χ1v) is 7.29. The summed E-state index contributed by atoms with van der Waals surface area (Å²) in [5, 5.41) is 3.19. The number of hydrogen-bond donors (Lipinski definition) is 3. The smallest absolute Gasteiger partial charge is 0.119 e. The number of nitrogens with one attached hydrogen (secondary N) is 3. The molecule has 0 amide bonds. The Morgan fingerprint density at radius 2 is 2.00 bits per heavy atom. The molecule has 5 heteroatoms. The standard InChI is InChI=1S/C15H25N3O2/c1-3-19-8-9-20-14-6-4-12(5-7-14)15-10-13(11-16-2)17-18-15/h4-7,13,15-18H,3,8-11H2,1-2H3. The van der Waals surface area contributed by atoms with Crippen LogP contribution in [-0.2, 0) is 4.74 Å². The van der Waals surface area contributed by atoms with E-state index in [0.29, 0.717) is 25.3 Å². The third-order valence-electron chi connectivity index (χ3n) is 3.42. The van der Waals surface area contributed by atoms with Gasteiger partial charge in [0.2, 0.25) is 0 Å². The van der Waals surface area contributed by atoms with Crippen LogP contribution < -0.4 is 20.9 Å². The van der Waals surface area contributed by atoms with Crippen molar-refractivity contribution in [3.05, 3.63) is 29.8 Å². The summed E-state index contributed by atoms with van der Waals surface area (Å²) in [4.78, 5) is 0. The molecule has 1 heterocycles. The summed E-state index contributed by atoms with van der Waals surface area (Å²) in [6.45, 7) is 4.93. The van der Waals surface area contributed by atoms with Crippen molar-refractivity contribution in [2.45, 2.75) is 25.4 Å². The average Bonchev–Trinajstić information content (AvgIpc) is 2.93. The Labute approximate surface area is 121 Å². The molecule has 1 aliphatic heterocycles. The van der Waals surface area contributed by atoms with E-state index in [4.69, 9.17) is 9.47 Å². The molecule has 0 aromatic heterocycles. The van der Waals surface area contributed by atoms with Gasteiger partial charge in [-0.25, -0.2) is 5.43 Å². The Bertz CT molecular complexity index is 383.